The van der Waals surface area contributed by atoms with Crippen molar-refractivity contribution in [1.29, 1.82) is 0 Å². The Morgan fingerprint density at radius 2 is 1.50 bits per heavy atom. The van der Waals surface area contributed by atoms with Crippen molar-refractivity contribution < 1.29 is 48.7 Å². The molecule has 0 fully saturated rings. The summed E-state index contributed by atoms with van der Waals surface area (Å²) in [5.74, 6) is -5.85. The predicted octanol–water partition coefficient (Wildman–Crippen LogP) is 1.43. The third-order valence-corrected chi connectivity index (χ3v) is 2.93. The van der Waals surface area contributed by atoms with Gasteiger partial charge in [-0.3, -0.25) is 4.79 Å². The molecule has 0 atom stereocenters. The molecule has 26 heavy (non-hydrogen) atoms. The van der Waals surface area contributed by atoms with Gasteiger partial charge in [0.05, 0.1) is 36.1 Å². The highest BCUT2D eigenvalue weighted by molar-refractivity contribution is 6.03. The highest BCUT2D eigenvalue weighted by Crippen LogP contribution is 2.14. The summed E-state index contributed by atoms with van der Waals surface area (Å²) in [6.45, 7) is 2.03. The first-order valence-electron chi connectivity index (χ1n) is 7.44. The zero-order chi connectivity index (χ0) is 19.7. The van der Waals surface area contributed by atoms with Crippen molar-refractivity contribution in [2.24, 2.45) is 0 Å². The van der Waals surface area contributed by atoms with Crippen molar-refractivity contribution in [3.8, 4) is 0 Å². The fourth-order valence-electron chi connectivity index (χ4n) is 1.70. The lowest BCUT2D eigenvalue weighted by molar-refractivity contribution is -0.234. The summed E-state index contributed by atoms with van der Waals surface area (Å²) in [6, 6.07) is 2.70. The maximum absolute atomic E-state index is 11.8. The molecule has 0 saturated heterocycles. The minimum Gasteiger partial charge on any atom is -0.478 e. The third kappa shape index (κ3) is 6.23. The molecule has 0 aromatic heterocycles. The van der Waals surface area contributed by atoms with E-state index in [2.05, 4.69) is 9.78 Å². The first-order chi connectivity index (χ1) is 12.3. The van der Waals surface area contributed by atoms with Crippen molar-refractivity contribution in [2.75, 3.05) is 6.61 Å². The second-order valence-corrected chi connectivity index (χ2v) is 4.92. The topological polar surface area (TPSA) is 154 Å². The number of esters is 1. The fourth-order valence-corrected chi connectivity index (χ4v) is 1.70. The normalized spacial score (nSPS) is 9.88. The van der Waals surface area contributed by atoms with Gasteiger partial charge in [-0.25, -0.2) is 29.0 Å². The lowest BCUT2D eigenvalue weighted by atomic mass is 10.0. The molecule has 0 aliphatic rings. The van der Waals surface area contributed by atoms with E-state index in [1.807, 2.05) is 0 Å². The molecular weight excluding hydrogens is 352 g/mol. The average molecular weight is 368 g/mol. The lowest BCUT2D eigenvalue weighted by Gasteiger charge is -2.06. The molecule has 1 aromatic carbocycles. The number of hydrogen-bond donors (Lipinski definition) is 2. The molecule has 10 heteroatoms. The molecule has 0 spiro atoms. The summed E-state index contributed by atoms with van der Waals surface area (Å²) >= 11 is 0. The van der Waals surface area contributed by atoms with Gasteiger partial charge in [0.25, 0.3) is 0 Å². The van der Waals surface area contributed by atoms with Crippen molar-refractivity contribution >= 4 is 29.8 Å². The van der Waals surface area contributed by atoms with Gasteiger partial charge in [-0.05, 0) is 24.6 Å². The van der Waals surface area contributed by atoms with Gasteiger partial charge in [0.15, 0.2) is 0 Å². The first-order valence-corrected chi connectivity index (χ1v) is 7.44. The fraction of sp³-hybridized carbons (Fsp3) is 0.312. The molecule has 140 valence electrons. The van der Waals surface area contributed by atoms with Crippen LogP contribution >= 0.6 is 0 Å². The summed E-state index contributed by atoms with van der Waals surface area (Å²) in [5.41, 5.74) is -1.48. The standard InChI is InChI=1S/C16H16O10/c1-2-7-24-12(17)5-6-13(18)25-26-16(23)9-3-4-10(14(19)20)11(8-9)15(21)22/h3-4,8H,2,5-7H2,1H3,(H,19,20)(H,21,22). The third-order valence-electron chi connectivity index (χ3n) is 2.93. The molecule has 0 amide bonds. The Morgan fingerprint density at radius 1 is 0.885 bits per heavy atom. The number of rotatable bonds is 8. The van der Waals surface area contributed by atoms with Crippen LogP contribution in [0, 0.1) is 0 Å². The number of hydrogen-bond acceptors (Lipinski definition) is 8. The van der Waals surface area contributed by atoms with Crippen LogP contribution < -0.4 is 0 Å². The Kier molecular flexibility index (Phi) is 7.74. The zero-order valence-electron chi connectivity index (χ0n) is 13.7. The molecule has 0 bridgehead atoms. The summed E-state index contributed by atoms with van der Waals surface area (Å²) in [4.78, 5) is 64.8. The number of carbonyl (C=O) groups is 5. The predicted molar refractivity (Wildman–Crippen MR) is 82.4 cm³/mol. The van der Waals surface area contributed by atoms with Gasteiger partial charge in [-0.15, -0.1) is 0 Å². The minimum atomic E-state index is -1.56. The molecule has 1 rings (SSSR count). The summed E-state index contributed by atoms with van der Waals surface area (Å²) in [5, 5.41) is 17.9. The van der Waals surface area contributed by atoms with Gasteiger partial charge in [0.1, 0.15) is 0 Å². The van der Waals surface area contributed by atoms with Crippen molar-refractivity contribution in [1.82, 2.24) is 0 Å². The monoisotopic (exact) mass is 368 g/mol. The van der Waals surface area contributed by atoms with E-state index in [-0.39, 0.29) is 25.0 Å². The van der Waals surface area contributed by atoms with Crippen LogP contribution in [0.1, 0.15) is 57.3 Å². The molecule has 0 unspecified atom stereocenters. The minimum absolute atomic E-state index is 0.223. The molecule has 0 heterocycles. The van der Waals surface area contributed by atoms with E-state index in [0.29, 0.717) is 6.42 Å². The van der Waals surface area contributed by atoms with Gasteiger partial charge < -0.3 is 14.9 Å². The van der Waals surface area contributed by atoms with Crippen LogP contribution in [0.4, 0.5) is 0 Å². The number of benzene rings is 1. The maximum atomic E-state index is 11.8. The maximum Gasteiger partial charge on any atom is 0.386 e. The first kappa shape index (κ1) is 20.6. The van der Waals surface area contributed by atoms with Crippen LogP contribution in [0.5, 0.6) is 0 Å². The van der Waals surface area contributed by atoms with Crippen LogP contribution in [0.15, 0.2) is 18.2 Å². The number of carboxylic acid groups (broad SMARTS) is 2. The Bertz CT molecular complexity index is 722. The van der Waals surface area contributed by atoms with Crippen molar-refractivity contribution in [2.45, 2.75) is 26.2 Å². The quantitative estimate of drug-likeness (QED) is 0.391. The molecule has 1 aromatic rings. The van der Waals surface area contributed by atoms with Gasteiger partial charge in [0, 0.05) is 0 Å². The van der Waals surface area contributed by atoms with Crippen LogP contribution in [0.25, 0.3) is 0 Å². The van der Waals surface area contributed by atoms with Crippen LogP contribution in [0.3, 0.4) is 0 Å². The van der Waals surface area contributed by atoms with E-state index < -0.39 is 41.0 Å². The van der Waals surface area contributed by atoms with Gasteiger partial charge >= 0.3 is 29.8 Å². The zero-order valence-corrected chi connectivity index (χ0v) is 13.7. The molecule has 0 aliphatic carbocycles. The largest absolute Gasteiger partial charge is 0.478 e. The van der Waals surface area contributed by atoms with Gasteiger partial charge in [-0.2, -0.15) is 0 Å². The van der Waals surface area contributed by atoms with E-state index >= 15 is 0 Å². The molecule has 0 radical (unpaired) electrons. The number of carbonyl (C=O) groups excluding carboxylic acids is 3. The van der Waals surface area contributed by atoms with Crippen molar-refractivity contribution in [3.63, 3.8) is 0 Å². The second-order valence-electron chi connectivity index (χ2n) is 4.92. The van der Waals surface area contributed by atoms with E-state index in [9.17, 15) is 24.0 Å². The summed E-state index contributed by atoms with van der Waals surface area (Å²) in [7, 11) is 0. The molecule has 0 saturated carbocycles. The van der Waals surface area contributed by atoms with E-state index in [1.165, 1.54) is 0 Å². The summed E-state index contributed by atoms with van der Waals surface area (Å²) in [6.07, 6.45) is -0.00614. The lowest BCUT2D eigenvalue weighted by Crippen LogP contribution is -2.15. The van der Waals surface area contributed by atoms with Crippen LogP contribution in [-0.4, -0.2) is 46.7 Å². The number of aromatic carboxylic acids is 2. The Morgan fingerprint density at radius 3 is 2.08 bits per heavy atom. The Hall–Kier alpha value is -3.43. The van der Waals surface area contributed by atoms with Gasteiger partial charge in [-0.1, -0.05) is 6.92 Å². The van der Waals surface area contributed by atoms with E-state index in [4.69, 9.17) is 14.9 Å². The Balaban J connectivity index is 2.61. The van der Waals surface area contributed by atoms with Gasteiger partial charge in [0.2, 0.25) is 0 Å². The Labute approximate surface area is 147 Å². The van der Waals surface area contributed by atoms with Crippen LogP contribution in [0.2, 0.25) is 0 Å². The summed E-state index contributed by atoms with van der Waals surface area (Å²) < 4.78 is 4.74. The SMILES string of the molecule is CCCOC(=O)CCC(=O)OOC(=O)c1ccc(C(=O)O)c(C(=O)O)c1. The van der Waals surface area contributed by atoms with E-state index in [0.717, 1.165) is 18.2 Å². The highest BCUT2D eigenvalue weighted by Gasteiger charge is 2.20. The second kappa shape index (κ2) is 9.77. The van der Waals surface area contributed by atoms with Crippen molar-refractivity contribution in [3.05, 3.63) is 34.9 Å². The molecule has 10 nitrogen and oxygen atoms in total. The number of carboxylic acids is 2. The molecule has 2 N–H and O–H groups in total. The smallest absolute Gasteiger partial charge is 0.386 e. The molecule has 0 aliphatic heterocycles. The van der Waals surface area contributed by atoms with E-state index in [1.54, 1.807) is 6.92 Å². The number of ether oxygens (including phenoxy) is 1. The molecular formula is C16H16O10. The van der Waals surface area contributed by atoms with Crippen LogP contribution in [-0.2, 0) is 24.1 Å². The highest BCUT2D eigenvalue weighted by atomic mass is 17.2. The average Bonchev–Trinajstić information content (AvgIpc) is 2.61.